The van der Waals surface area contributed by atoms with E-state index in [2.05, 4.69) is 30.5 Å². The quantitative estimate of drug-likeness (QED) is 0.0706. The van der Waals surface area contributed by atoms with Gasteiger partial charge in [-0.3, -0.25) is 20.4 Å². The van der Waals surface area contributed by atoms with Crippen molar-refractivity contribution in [2.45, 2.75) is 9.79 Å². The molecule has 0 saturated heterocycles. The van der Waals surface area contributed by atoms with Gasteiger partial charge in [0.2, 0.25) is 51.3 Å². The molecule has 2 aliphatic carbocycles. The van der Waals surface area contributed by atoms with E-state index in [1.54, 1.807) is 36.4 Å². The van der Waals surface area contributed by atoms with Crippen LogP contribution in [-0.2, 0) is 66.0 Å². The number of ketones is 2. The number of carbonyl (C=O) groups is 2. The van der Waals surface area contributed by atoms with Gasteiger partial charge in [0.05, 0.1) is 21.2 Å². The molecule has 0 saturated carbocycles. The topological polar surface area (TPSA) is 302 Å². The summed E-state index contributed by atoms with van der Waals surface area (Å²) in [7, 11) is -13.0. The Kier molecular flexibility index (Phi) is 14.0. The Labute approximate surface area is 386 Å². The van der Waals surface area contributed by atoms with E-state index in [0.717, 1.165) is 24.3 Å². The van der Waals surface area contributed by atoms with Crippen molar-refractivity contribution in [3.8, 4) is 11.5 Å². The number of allylic oxidation sites excluding steroid dienone is 2. The van der Waals surface area contributed by atoms with Crippen LogP contribution in [-0.4, -0.2) is 92.8 Å². The summed E-state index contributed by atoms with van der Waals surface area (Å²) in [6.45, 7) is 0. The van der Waals surface area contributed by atoms with Crippen molar-refractivity contribution < 1.29 is 109 Å². The van der Waals surface area contributed by atoms with Crippen molar-refractivity contribution in [2.75, 3.05) is 36.8 Å². The Balaban J connectivity index is 0.000000227. The zero-order valence-corrected chi connectivity index (χ0v) is 38.5. The summed E-state index contributed by atoms with van der Waals surface area (Å²) >= 11 is 0. The number of rotatable bonds is 8. The van der Waals surface area contributed by atoms with E-state index in [1.165, 1.54) is 38.4 Å². The number of fused-ring (bicyclic) bond motifs is 4. The van der Waals surface area contributed by atoms with Gasteiger partial charge in [0.15, 0.2) is 23.3 Å². The van der Waals surface area contributed by atoms with Gasteiger partial charge in [-0.25, -0.2) is 43.1 Å². The molecule has 0 spiro atoms. The molecular weight excluding hydrogens is 951 g/mol. The van der Waals surface area contributed by atoms with Gasteiger partial charge in [-0.1, -0.05) is 48.5 Å². The molecule has 26 heteroatoms. The first kappa shape index (κ1) is 48.1. The molecule has 0 fully saturated rings. The van der Waals surface area contributed by atoms with Crippen LogP contribution in [0, 0.1) is 0 Å². The van der Waals surface area contributed by atoms with Crippen LogP contribution < -0.4 is 49.9 Å². The van der Waals surface area contributed by atoms with Crippen LogP contribution in [0.25, 0.3) is 11.5 Å². The predicted molar refractivity (Wildman–Crippen MR) is 216 cm³/mol. The second-order valence-electron chi connectivity index (χ2n) is 12.7. The van der Waals surface area contributed by atoms with Crippen molar-refractivity contribution in [1.29, 1.82) is 0 Å². The third-order valence-corrected chi connectivity index (χ3v) is 14.8. The number of aromatic hydroxyl groups is 2. The fourth-order valence-corrected chi connectivity index (χ4v) is 10.2. The minimum absolute atomic E-state index is 0. The summed E-state index contributed by atoms with van der Waals surface area (Å²) in [6.07, 6.45) is 0. The van der Waals surface area contributed by atoms with Crippen LogP contribution in [0.1, 0.15) is 31.8 Å². The van der Waals surface area contributed by atoms with Crippen LogP contribution in [0.2, 0.25) is 0 Å². The van der Waals surface area contributed by atoms with Gasteiger partial charge >= 0.3 is 29.6 Å². The number of hydrazone groups is 2. The van der Waals surface area contributed by atoms with E-state index >= 15 is 0 Å². The van der Waals surface area contributed by atoms with Crippen LogP contribution in [0.5, 0.6) is 11.5 Å². The van der Waals surface area contributed by atoms with Gasteiger partial charge in [-0.2, -0.15) is 10.2 Å². The molecule has 0 unspecified atom stereocenters. The second-order valence-corrected chi connectivity index (χ2v) is 20.3. The molecule has 62 heavy (non-hydrogen) atoms. The number of anilines is 2. The predicted octanol–water partition coefficient (Wildman–Crippen LogP) is -0.927. The number of carbonyl (C=O) groups excluding carboxylic acids is 2. The van der Waals surface area contributed by atoms with E-state index in [1.807, 2.05) is 0 Å². The Hall–Kier alpha value is -4.93. The van der Waals surface area contributed by atoms with Crippen molar-refractivity contribution in [3.63, 3.8) is 0 Å². The third-order valence-electron chi connectivity index (χ3n) is 9.11. The number of ether oxygens (including phenoxy) is 2. The molecule has 0 amide bonds. The molecule has 0 bridgehead atoms. The maximum absolute atomic E-state index is 12.9. The molecule has 0 atom stereocenters. The molecule has 1 radical (unpaired) electrons. The number of nitrogens with one attached hydrogen (secondary N) is 4. The molecule has 321 valence electrons. The fraction of sp³-hybridized carbons (Fsp3) is 0.111. The zero-order chi connectivity index (χ0) is 43.4. The number of sulfonamides is 2. The standard InChI is InChI=1S/2C18H15N3O7S2.Co.Na/c2*1-19-30(26,27)10-6-7-14(22)13(8-10)20-21-15-16(23)11-4-2-3-5-12(11)17-18(15)29(24,25)9-28-17;;/h2*2-8,19-20,22H,9H2,1H3;;/q;;;+1/b2*21-15+;;. The Bertz CT molecular complexity index is 2950. The van der Waals surface area contributed by atoms with Crippen LogP contribution >= 0.6 is 0 Å². The Morgan fingerprint density at radius 2 is 0.919 bits per heavy atom. The molecular formula is C36H30CoN6NaO14S4+. The fourth-order valence-electron chi connectivity index (χ4n) is 6.15. The minimum Gasteiger partial charge on any atom is -0.506 e. The molecule has 6 N–H and O–H groups in total. The first-order valence-corrected chi connectivity index (χ1v) is 23.3. The van der Waals surface area contributed by atoms with Crippen molar-refractivity contribution >= 4 is 85.6 Å². The summed E-state index contributed by atoms with van der Waals surface area (Å²) in [4.78, 5) is 24.8. The van der Waals surface area contributed by atoms with Gasteiger partial charge < -0.3 is 19.7 Å². The number of phenols is 2. The van der Waals surface area contributed by atoms with Gasteiger partial charge in [-0.15, -0.1) is 0 Å². The number of benzene rings is 4. The maximum Gasteiger partial charge on any atom is 1.00 e. The average molecular weight is 981 g/mol. The molecule has 20 nitrogen and oxygen atoms in total. The van der Waals surface area contributed by atoms with Gasteiger partial charge in [-0.05, 0) is 50.5 Å². The SMILES string of the molecule is CNS(=O)(=O)c1ccc(O)c(N/N=C2\C(=O)c3ccccc3C3=C2S(=O)(=O)CO3)c1.CNS(=O)(=O)c1ccc(O)c(N/N=C2\C(=O)c3ccccc3C3=C2S(=O)(=O)CO3)c1.[Co].[Na+]. The summed E-state index contributed by atoms with van der Waals surface area (Å²) in [5.74, 6) is -3.19. The number of sulfone groups is 2. The normalized spacial score (nSPS) is 18.1. The summed E-state index contributed by atoms with van der Waals surface area (Å²) < 4.78 is 113. The largest absolute Gasteiger partial charge is 1.00 e. The number of phenolic OH excluding ortho intramolecular Hbond substituents is 2. The van der Waals surface area contributed by atoms with E-state index < -0.39 is 74.6 Å². The molecule has 4 aromatic rings. The maximum atomic E-state index is 12.9. The number of nitrogens with zero attached hydrogens (tertiary/aromatic N) is 2. The van der Waals surface area contributed by atoms with E-state index in [0.29, 0.717) is 11.1 Å². The van der Waals surface area contributed by atoms with Gasteiger partial charge in [0.25, 0.3) is 0 Å². The Morgan fingerprint density at radius 3 is 1.26 bits per heavy atom. The van der Waals surface area contributed by atoms with Crippen LogP contribution in [0.15, 0.2) is 115 Å². The first-order chi connectivity index (χ1) is 28.3. The smallest absolute Gasteiger partial charge is 0.506 e. The molecule has 4 aliphatic rings. The monoisotopic (exact) mass is 980 g/mol. The molecule has 0 aromatic heterocycles. The van der Waals surface area contributed by atoms with Gasteiger partial charge in [0, 0.05) is 39.0 Å². The van der Waals surface area contributed by atoms with Crippen molar-refractivity contribution in [2.24, 2.45) is 10.2 Å². The van der Waals surface area contributed by atoms with Crippen molar-refractivity contribution in [1.82, 2.24) is 9.44 Å². The molecule has 2 aliphatic heterocycles. The number of hydrogen-bond donors (Lipinski definition) is 6. The second kappa shape index (κ2) is 18.0. The molecule has 4 aromatic carbocycles. The molecule has 8 rings (SSSR count). The van der Waals surface area contributed by atoms with Gasteiger partial charge in [0.1, 0.15) is 32.8 Å². The summed E-state index contributed by atoms with van der Waals surface area (Å²) in [5.41, 5.74) is 4.83. The first-order valence-electron chi connectivity index (χ1n) is 17.0. The van der Waals surface area contributed by atoms with E-state index in [-0.39, 0.29) is 111 Å². The summed E-state index contributed by atoms with van der Waals surface area (Å²) in [5, 5.41) is 27.9. The zero-order valence-electron chi connectivity index (χ0n) is 32.2. The van der Waals surface area contributed by atoms with E-state index in [4.69, 9.17) is 9.47 Å². The third kappa shape index (κ3) is 8.82. The Morgan fingerprint density at radius 1 is 0.581 bits per heavy atom. The van der Waals surface area contributed by atoms with Crippen LogP contribution in [0.3, 0.4) is 0 Å². The summed E-state index contributed by atoms with van der Waals surface area (Å²) in [6, 6.07) is 19.5. The molecule has 2 heterocycles. The van der Waals surface area contributed by atoms with E-state index in [9.17, 15) is 53.5 Å². The average Bonchev–Trinajstić information content (AvgIpc) is 3.73. The number of Topliss-reactive ketones (excluding diaryl/α,β-unsaturated/α-hetero) is 2. The minimum atomic E-state index is -3.92. The van der Waals surface area contributed by atoms with Crippen LogP contribution in [0.4, 0.5) is 11.4 Å². The number of hydrogen-bond acceptors (Lipinski definition) is 18. The van der Waals surface area contributed by atoms with Crippen molar-refractivity contribution in [3.05, 3.63) is 117 Å².